The van der Waals surface area contributed by atoms with E-state index in [1.165, 1.54) is 12.5 Å². The highest BCUT2D eigenvalue weighted by Crippen LogP contribution is 2.67. The Hall–Kier alpha value is -3.35. The van der Waals surface area contributed by atoms with E-state index in [2.05, 4.69) is 71.9 Å². The Labute approximate surface area is 252 Å². The minimum atomic E-state index is -1.82. The van der Waals surface area contributed by atoms with Crippen molar-refractivity contribution >= 4 is 5.97 Å². The second-order valence-electron chi connectivity index (χ2n) is 14.3. The van der Waals surface area contributed by atoms with Crippen LogP contribution < -0.4 is 0 Å². The van der Waals surface area contributed by atoms with Gasteiger partial charge in [-0.3, -0.25) is 4.79 Å². The van der Waals surface area contributed by atoms with E-state index in [9.17, 15) is 25.8 Å². The van der Waals surface area contributed by atoms with Gasteiger partial charge in [-0.05, 0) is 78.9 Å². The molecule has 6 nitrogen and oxygen atoms in total. The minimum Gasteiger partial charge on any atom is -0.462 e. The van der Waals surface area contributed by atoms with Gasteiger partial charge in [-0.25, -0.2) is 0 Å². The van der Waals surface area contributed by atoms with Crippen LogP contribution in [0.5, 0.6) is 0 Å². The van der Waals surface area contributed by atoms with E-state index < -0.39 is 17.3 Å². The molecule has 42 heavy (non-hydrogen) atoms. The second-order valence-corrected chi connectivity index (χ2v) is 14.3. The first-order valence-corrected chi connectivity index (χ1v) is 15.7. The number of nitrogens with zero attached hydrogens (tertiary/aromatic N) is 4. The SMILES string of the molecule is CC(=O)O[C@@H]1CC[C@]2(C)C(=C[C@H](C(C#N)(C#N)C(C#N)C#N)C3=C4CC[C@H]([C@H](C)/C=C\[C@H](C)C(C)C)[C@]4(C)CC[C@H]32)C1. The fraction of sp³-hybridized carbons (Fsp3) is 0.694. The van der Waals surface area contributed by atoms with Gasteiger partial charge in [0.15, 0.2) is 11.3 Å². The van der Waals surface area contributed by atoms with Crippen LogP contribution in [0.25, 0.3) is 0 Å². The van der Waals surface area contributed by atoms with Gasteiger partial charge in [-0.1, -0.05) is 76.5 Å². The largest absolute Gasteiger partial charge is 0.462 e. The van der Waals surface area contributed by atoms with Gasteiger partial charge in [0, 0.05) is 19.3 Å². The first-order valence-electron chi connectivity index (χ1n) is 15.7. The lowest BCUT2D eigenvalue weighted by atomic mass is 9.47. The molecule has 0 heterocycles. The number of fused-ring (bicyclic) bond motifs is 4. The fourth-order valence-corrected chi connectivity index (χ4v) is 8.93. The Bertz CT molecular complexity index is 1330. The number of allylic oxidation sites excluding steroid dienone is 5. The number of hydrogen-bond donors (Lipinski definition) is 0. The smallest absolute Gasteiger partial charge is 0.302 e. The highest BCUT2D eigenvalue weighted by molar-refractivity contribution is 5.66. The quantitative estimate of drug-likeness (QED) is 0.227. The molecule has 4 aliphatic rings. The Morgan fingerprint density at radius 2 is 1.64 bits per heavy atom. The molecule has 4 rings (SSSR count). The van der Waals surface area contributed by atoms with Crippen molar-refractivity contribution in [2.75, 3.05) is 0 Å². The standard InChI is InChI=1S/C36H46N4O2/c1-22(2)23(3)8-9-24(4)29-10-11-30-33-31(13-15-35(29,30)7)34(6)14-12-28(42-25(5)41)16-26(34)17-32(33)36(20-39,21-40)27(18-37)19-38/h8-9,17,22-24,27-29,31-32H,10-16H2,1-7H3/b9-8-/t23-,24+,28+,29+,31+,32-,34+,35-/m0/s1. The van der Waals surface area contributed by atoms with Crippen LogP contribution in [0.15, 0.2) is 34.9 Å². The summed E-state index contributed by atoms with van der Waals surface area (Å²) in [5.74, 6) is -0.315. The van der Waals surface area contributed by atoms with Crippen LogP contribution in [0.1, 0.15) is 93.4 Å². The van der Waals surface area contributed by atoms with Gasteiger partial charge < -0.3 is 4.74 Å². The van der Waals surface area contributed by atoms with E-state index in [-0.39, 0.29) is 28.8 Å². The van der Waals surface area contributed by atoms with Gasteiger partial charge in [0.2, 0.25) is 0 Å². The topological polar surface area (TPSA) is 121 Å². The molecule has 0 aromatic heterocycles. The molecule has 0 aromatic rings. The normalized spacial score (nSPS) is 33.8. The lowest BCUT2D eigenvalue weighted by Gasteiger charge is -2.56. The molecular formula is C36H46N4O2. The zero-order chi connectivity index (χ0) is 31.0. The predicted molar refractivity (Wildman–Crippen MR) is 160 cm³/mol. The third kappa shape index (κ3) is 4.99. The highest BCUT2D eigenvalue weighted by atomic mass is 16.5. The molecule has 6 heteroatoms. The summed E-state index contributed by atoms with van der Waals surface area (Å²) in [5, 5.41) is 41.2. The van der Waals surface area contributed by atoms with Crippen LogP contribution in [0.4, 0.5) is 0 Å². The van der Waals surface area contributed by atoms with Crippen LogP contribution in [0.3, 0.4) is 0 Å². The molecule has 2 fully saturated rings. The van der Waals surface area contributed by atoms with E-state index in [1.807, 2.05) is 12.1 Å². The van der Waals surface area contributed by atoms with Crippen molar-refractivity contribution in [1.29, 1.82) is 21.0 Å². The number of carbonyl (C=O) groups excluding carboxylic acids is 1. The Morgan fingerprint density at radius 1 is 1.00 bits per heavy atom. The molecule has 0 spiro atoms. The average molecular weight is 567 g/mol. The van der Waals surface area contributed by atoms with Crippen molar-refractivity contribution in [2.45, 2.75) is 99.5 Å². The van der Waals surface area contributed by atoms with Gasteiger partial charge in [0.05, 0.1) is 24.3 Å². The van der Waals surface area contributed by atoms with E-state index in [0.29, 0.717) is 30.1 Å². The van der Waals surface area contributed by atoms with Crippen LogP contribution in [0, 0.1) is 103 Å². The van der Waals surface area contributed by atoms with Crippen LogP contribution in [-0.2, 0) is 9.53 Å². The maximum absolute atomic E-state index is 11.8. The van der Waals surface area contributed by atoms with Gasteiger partial charge in [0.25, 0.3) is 0 Å². The lowest BCUT2D eigenvalue weighted by Crippen LogP contribution is -2.49. The van der Waals surface area contributed by atoms with Crippen LogP contribution >= 0.6 is 0 Å². The molecule has 0 bridgehead atoms. The van der Waals surface area contributed by atoms with Crippen molar-refractivity contribution in [3.05, 3.63) is 34.9 Å². The molecule has 0 saturated heterocycles. The molecule has 4 aliphatic carbocycles. The maximum atomic E-state index is 11.8. The molecule has 0 radical (unpaired) electrons. The summed E-state index contributed by atoms with van der Waals surface area (Å²) >= 11 is 0. The van der Waals surface area contributed by atoms with Crippen LogP contribution in [-0.4, -0.2) is 12.1 Å². The molecule has 0 aliphatic heterocycles. The monoisotopic (exact) mass is 566 g/mol. The lowest BCUT2D eigenvalue weighted by molar-refractivity contribution is -0.148. The van der Waals surface area contributed by atoms with Crippen molar-refractivity contribution in [1.82, 2.24) is 0 Å². The molecule has 0 aromatic carbocycles. The summed E-state index contributed by atoms with van der Waals surface area (Å²) in [6.45, 7) is 15.2. The molecule has 0 amide bonds. The van der Waals surface area contributed by atoms with Crippen molar-refractivity contribution in [2.24, 2.45) is 57.7 Å². The molecule has 222 valence electrons. The zero-order valence-corrected chi connectivity index (χ0v) is 26.4. The fourth-order valence-electron chi connectivity index (χ4n) is 8.93. The average Bonchev–Trinajstić information content (AvgIpc) is 3.31. The van der Waals surface area contributed by atoms with E-state index >= 15 is 0 Å². The van der Waals surface area contributed by atoms with Gasteiger partial charge >= 0.3 is 5.97 Å². The second kappa shape index (κ2) is 11.7. The van der Waals surface area contributed by atoms with E-state index in [1.54, 1.807) is 0 Å². The van der Waals surface area contributed by atoms with Crippen molar-refractivity contribution < 1.29 is 9.53 Å². The van der Waals surface area contributed by atoms with E-state index in [4.69, 9.17) is 4.74 Å². The third-order valence-electron chi connectivity index (χ3n) is 11.8. The van der Waals surface area contributed by atoms with Crippen LogP contribution in [0.2, 0.25) is 0 Å². The first kappa shape index (κ1) is 31.6. The van der Waals surface area contributed by atoms with Gasteiger partial charge in [-0.15, -0.1) is 0 Å². The minimum absolute atomic E-state index is 0.0724. The summed E-state index contributed by atoms with van der Waals surface area (Å²) in [4.78, 5) is 11.8. The Balaban J connectivity index is 1.90. The Morgan fingerprint density at radius 3 is 2.21 bits per heavy atom. The summed E-state index contributed by atoms with van der Waals surface area (Å²) in [5.41, 5.74) is 1.53. The van der Waals surface area contributed by atoms with Crippen molar-refractivity contribution in [3.63, 3.8) is 0 Å². The molecule has 8 atom stereocenters. The predicted octanol–water partition coefficient (Wildman–Crippen LogP) is 7.97. The van der Waals surface area contributed by atoms with Gasteiger partial charge in [0.1, 0.15) is 6.10 Å². The molecule has 2 saturated carbocycles. The number of ether oxygens (including phenoxy) is 1. The summed E-state index contributed by atoms with van der Waals surface area (Å²) in [6, 6.07) is 8.42. The molecule has 0 N–H and O–H groups in total. The van der Waals surface area contributed by atoms with Crippen molar-refractivity contribution in [3.8, 4) is 24.3 Å². The third-order valence-corrected chi connectivity index (χ3v) is 11.8. The maximum Gasteiger partial charge on any atom is 0.302 e. The number of carbonyl (C=O) groups is 1. The number of esters is 1. The summed E-state index contributed by atoms with van der Waals surface area (Å²) in [6.07, 6.45) is 12.7. The van der Waals surface area contributed by atoms with E-state index in [0.717, 1.165) is 49.7 Å². The number of hydrogen-bond acceptors (Lipinski definition) is 6. The molecular weight excluding hydrogens is 520 g/mol. The number of nitriles is 4. The summed E-state index contributed by atoms with van der Waals surface area (Å²) < 4.78 is 5.63. The first-order chi connectivity index (χ1) is 19.8. The highest BCUT2D eigenvalue weighted by Gasteiger charge is 2.60. The zero-order valence-electron chi connectivity index (χ0n) is 26.4. The number of rotatable bonds is 7. The van der Waals surface area contributed by atoms with Gasteiger partial charge in [-0.2, -0.15) is 21.0 Å². The Kier molecular flexibility index (Phi) is 8.82. The summed E-state index contributed by atoms with van der Waals surface area (Å²) in [7, 11) is 0. The molecule has 0 unspecified atom stereocenters.